The predicted molar refractivity (Wildman–Crippen MR) is 127 cm³/mol. The van der Waals surface area contributed by atoms with E-state index in [9.17, 15) is 14.8 Å². The molecule has 34 heavy (non-hydrogen) atoms. The molecule has 3 atom stereocenters. The summed E-state index contributed by atoms with van der Waals surface area (Å²) in [6, 6.07) is 18.7. The number of rotatable bonds is 5. The molecule has 5 rings (SSSR count). The van der Waals surface area contributed by atoms with Gasteiger partial charge in [-0.2, -0.15) is 0 Å². The standard InChI is InChI=1S/C26H26N4O4/c31-25(29-33)21-14-19(34-23-10-12-27-22-9-5-4-8-20(22)23)15-28-24(21)26(32)30-13-11-18(16-30)17-6-2-1-3-7-17/h1-12,19,21,24,28,33H,13-16H2,(H,29,31)/t19-,21-,24-/m0/s1. The molecule has 0 aliphatic carbocycles. The van der Waals surface area contributed by atoms with E-state index in [1.54, 1.807) is 22.6 Å². The molecule has 0 bridgehead atoms. The van der Waals surface area contributed by atoms with Gasteiger partial charge in [-0.3, -0.25) is 19.8 Å². The Labute approximate surface area is 197 Å². The van der Waals surface area contributed by atoms with Gasteiger partial charge in [-0.15, -0.1) is 0 Å². The maximum Gasteiger partial charge on any atom is 0.248 e. The van der Waals surface area contributed by atoms with Crippen LogP contribution in [0.1, 0.15) is 12.0 Å². The maximum absolute atomic E-state index is 13.4. The number of piperidine rings is 1. The number of aromatic nitrogens is 1. The highest BCUT2D eigenvalue weighted by molar-refractivity contribution is 5.92. The summed E-state index contributed by atoms with van der Waals surface area (Å²) in [6.45, 7) is 1.37. The van der Waals surface area contributed by atoms with Crippen molar-refractivity contribution in [2.45, 2.75) is 18.6 Å². The third kappa shape index (κ3) is 4.37. The molecule has 174 valence electrons. The third-order valence-corrected chi connectivity index (χ3v) is 6.48. The van der Waals surface area contributed by atoms with Gasteiger partial charge >= 0.3 is 0 Å². The van der Waals surface area contributed by atoms with E-state index < -0.39 is 17.9 Å². The van der Waals surface area contributed by atoms with Crippen LogP contribution in [0.3, 0.4) is 0 Å². The van der Waals surface area contributed by atoms with E-state index in [4.69, 9.17) is 4.74 Å². The minimum atomic E-state index is -0.773. The Morgan fingerprint density at radius 3 is 2.71 bits per heavy atom. The minimum Gasteiger partial charge on any atom is -0.488 e. The smallest absolute Gasteiger partial charge is 0.248 e. The lowest BCUT2D eigenvalue weighted by Gasteiger charge is -2.37. The molecule has 0 saturated carbocycles. The fraction of sp³-hybridized carbons (Fsp3) is 0.269. The van der Waals surface area contributed by atoms with Crippen LogP contribution >= 0.6 is 0 Å². The number of pyridine rings is 1. The van der Waals surface area contributed by atoms with Crippen molar-refractivity contribution >= 4 is 28.3 Å². The van der Waals surface area contributed by atoms with Gasteiger partial charge in [-0.1, -0.05) is 48.5 Å². The Balaban J connectivity index is 1.29. The van der Waals surface area contributed by atoms with Crippen LogP contribution in [-0.4, -0.2) is 58.7 Å². The van der Waals surface area contributed by atoms with Crippen LogP contribution in [0.4, 0.5) is 0 Å². The van der Waals surface area contributed by atoms with Gasteiger partial charge in [0.25, 0.3) is 0 Å². The number of ether oxygens (including phenoxy) is 1. The molecular formula is C26H26N4O4. The van der Waals surface area contributed by atoms with Crippen LogP contribution in [0.5, 0.6) is 5.75 Å². The van der Waals surface area contributed by atoms with Crippen LogP contribution < -0.4 is 15.5 Å². The lowest BCUT2D eigenvalue weighted by Crippen LogP contribution is -2.60. The molecule has 2 aliphatic heterocycles. The van der Waals surface area contributed by atoms with Crippen molar-refractivity contribution in [1.82, 2.24) is 20.7 Å². The second-order valence-electron chi connectivity index (χ2n) is 8.58. The molecule has 2 aromatic carbocycles. The number of benzene rings is 2. The molecule has 1 saturated heterocycles. The highest BCUT2D eigenvalue weighted by Crippen LogP contribution is 2.29. The Bertz CT molecular complexity index is 1220. The average molecular weight is 459 g/mol. The van der Waals surface area contributed by atoms with E-state index in [0.717, 1.165) is 22.0 Å². The molecule has 3 aromatic rings. The molecule has 8 nitrogen and oxygen atoms in total. The number of nitrogens with zero attached hydrogens (tertiary/aromatic N) is 2. The molecule has 0 spiro atoms. The number of hydrogen-bond donors (Lipinski definition) is 3. The van der Waals surface area contributed by atoms with Crippen molar-refractivity contribution < 1.29 is 19.5 Å². The molecule has 1 fully saturated rings. The van der Waals surface area contributed by atoms with Gasteiger partial charge in [0.1, 0.15) is 11.9 Å². The number of nitrogens with one attached hydrogen (secondary N) is 2. The molecule has 0 radical (unpaired) electrons. The van der Waals surface area contributed by atoms with E-state index in [1.165, 1.54) is 0 Å². The van der Waals surface area contributed by atoms with Crippen LogP contribution in [-0.2, 0) is 9.59 Å². The summed E-state index contributed by atoms with van der Waals surface area (Å²) in [4.78, 5) is 32.0. The van der Waals surface area contributed by atoms with Crippen LogP contribution in [0.2, 0.25) is 0 Å². The van der Waals surface area contributed by atoms with Gasteiger partial charge in [0.05, 0.1) is 17.5 Å². The zero-order valence-electron chi connectivity index (χ0n) is 18.6. The largest absolute Gasteiger partial charge is 0.488 e. The zero-order valence-corrected chi connectivity index (χ0v) is 18.6. The molecule has 3 heterocycles. The first kappa shape index (κ1) is 22.1. The topological polar surface area (TPSA) is 104 Å². The fourth-order valence-electron chi connectivity index (χ4n) is 4.73. The van der Waals surface area contributed by atoms with Crippen molar-refractivity contribution in [3.8, 4) is 5.75 Å². The van der Waals surface area contributed by atoms with E-state index in [0.29, 0.717) is 31.8 Å². The molecule has 2 amide bonds. The lowest BCUT2D eigenvalue weighted by atomic mass is 9.87. The van der Waals surface area contributed by atoms with Crippen LogP contribution in [0.15, 0.2) is 72.9 Å². The Morgan fingerprint density at radius 2 is 1.88 bits per heavy atom. The fourth-order valence-corrected chi connectivity index (χ4v) is 4.73. The first-order valence-corrected chi connectivity index (χ1v) is 11.3. The number of carbonyl (C=O) groups is 2. The number of carbonyl (C=O) groups excluding carboxylic acids is 2. The highest BCUT2D eigenvalue weighted by Gasteiger charge is 2.42. The molecule has 8 heteroatoms. The summed E-state index contributed by atoms with van der Waals surface area (Å²) in [5, 5.41) is 13.4. The summed E-state index contributed by atoms with van der Waals surface area (Å²) < 4.78 is 6.22. The monoisotopic (exact) mass is 458 g/mol. The molecular weight excluding hydrogens is 432 g/mol. The van der Waals surface area contributed by atoms with Crippen molar-refractivity contribution in [1.29, 1.82) is 0 Å². The summed E-state index contributed by atoms with van der Waals surface area (Å²) in [6.07, 6.45) is 3.66. The van der Waals surface area contributed by atoms with Gasteiger partial charge in [0.2, 0.25) is 11.8 Å². The van der Waals surface area contributed by atoms with Gasteiger partial charge in [0, 0.05) is 31.2 Å². The van der Waals surface area contributed by atoms with Crippen LogP contribution in [0.25, 0.3) is 16.5 Å². The van der Waals surface area contributed by atoms with Crippen LogP contribution in [0, 0.1) is 5.92 Å². The van der Waals surface area contributed by atoms with Crippen molar-refractivity contribution in [3.63, 3.8) is 0 Å². The number of hydroxylamine groups is 1. The first-order chi connectivity index (χ1) is 16.6. The average Bonchev–Trinajstić information content (AvgIpc) is 3.39. The predicted octanol–water partition coefficient (Wildman–Crippen LogP) is 2.39. The Kier molecular flexibility index (Phi) is 6.24. The second kappa shape index (κ2) is 9.62. The van der Waals surface area contributed by atoms with Crippen molar-refractivity contribution in [2.75, 3.05) is 19.6 Å². The number of fused-ring (bicyclic) bond motifs is 1. The SMILES string of the molecule is O=C(NO)[C@H]1C[C@H](Oc2ccnc3ccccc23)CN[C@@H]1C(=O)N1CC=C(c2ccccc2)C1. The van der Waals surface area contributed by atoms with Gasteiger partial charge in [-0.05, 0) is 35.8 Å². The molecule has 1 aromatic heterocycles. The first-order valence-electron chi connectivity index (χ1n) is 11.3. The summed E-state index contributed by atoms with van der Waals surface area (Å²) in [5.74, 6) is -0.871. The minimum absolute atomic E-state index is 0.163. The van der Waals surface area contributed by atoms with E-state index in [1.807, 2.05) is 60.7 Å². The van der Waals surface area contributed by atoms with Gasteiger partial charge in [0.15, 0.2) is 0 Å². The number of para-hydroxylation sites is 1. The Morgan fingerprint density at radius 1 is 1.09 bits per heavy atom. The molecule has 3 N–H and O–H groups in total. The zero-order chi connectivity index (χ0) is 23.5. The highest BCUT2D eigenvalue weighted by atomic mass is 16.5. The Hall–Kier alpha value is -3.75. The molecule has 2 aliphatic rings. The second-order valence-corrected chi connectivity index (χ2v) is 8.58. The number of hydrogen-bond acceptors (Lipinski definition) is 6. The number of amides is 2. The van der Waals surface area contributed by atoms with E-state index in [-0.39, 0.29) is 12.0 Å². The summed E-state index contributed by atoms with van der Waals surface area (Å²) >= 11 is 0. The summed E-state index contributed by atoms with van der Waals surface area (Å²) in [5.41, 5.74) is 4.71. The lowest BCUT2D eigenvalue weighted by molar-refractivity contribution is -0.144. The maximum atomic E-state index is 13.4. The summed E-state index contributed by atoms with van der Waals surface area (Å²) in [7, 11) is 0. The quantitative estimate of drug-likeness (QED) is 0.401. The molecule has 0 unspecified atom stereocenters. The van der Waals surface area contributed by atoms with Crippen molar-refractivity contribution in [3.05, 3.63) is 78.5 Å². The normalized spacial score (nSPS) is 22.3. The van der Waals surface area contributed by atoms with E-state index >= 15 is 0 Å². The third-order valence-electron chi connectivity index (χ3n) is 6.48. The van der Waals surface area contributed by atoms with Gasteiger partial charge in [-0.25, -0.2) is 5.48 Å². The van der Waals surface area contributed by atoms with Crippen molar-refractivity contribution in [2.24, 2.45) is 5.92 Å². The van der Waals surface area contributed by atoms with E-state index in [2.05, 4.69) is 10.3 Å². The van der Waals surface area contributed by atoms with Gasteiger partial charge < -0.3 is 15.0 Å².